The van der Waals surface area contributed by atoms with E-state index in [0.717, 1.165) is 5.52 Å². The summed E-state index contributed by atoms with van der Waals surface area (Å²) in [6.07, 6.45) is 7.20. The Bertz CT molecular complexity index is 455. The highest BCUT2D eigenvalue weighted by molar-refractivity contribution is 5.81. The zero-order valence-corrected chi connectivity index (χ0v) is 8.66. The molecule has 15 heavy (non-hydrogen) atoms. The van der Waals surface area contributed by atoms with Crippen molar-refractivity contribution in [2.45, 2.75) is 31.7 Å². The molecule has 3 nitrogen and oxygen atoms in total. The van der Waals surface area contributed by atoms with E-state index in [-0.39, 0.29) is 0 Å². The Labute approximate surface area is 88.9 Å². The van der Waals surface area contributed by atoms with Crippen LogP contribution in [-0.2, 0) is 0 Å². The van der Waals surface area contributed by atoms with Gasteiger partial charge in [0.05, 0.1) is 11.7 Å². The molecule has 0 amide bonds. The first-order chi connectivity index (χ1) is 7.42. The summed E-state index contributed by atoms with van der Waals surface area (Å²) in [5.74, 6) is 0. The molecule has 0 aliphatic heterocycles. The molecule has 3 rings (SSSR count). The lowest BCUT2D eigenvalue weighted by Gasteiger charge is -2.13. The van der Waals surface area contributed by atoms with E-state index in [9.17, 15) is 0 Å². The standard InChI is InChI=1S/C12H15N3/c1-2-4-10(3-1)14-11-6-5-9-8-13-15-12(9)7-11/h5-8,10,14H,1-4H2,(H,13,15). The number of hydrogen-bond donors (Lipinski definition) is 2. The molecule has 0 spiro atoms. The molecule has 0 saturated heterocycles. The molecule has 1 aliphatic carbocycles. The fraction of sp³-hybridized carbons (Fsp3) is 0.417. The van der Waals surface area contributed by atoms with Gasteiger partial charge in [-0.25, -0.2) is 0 Å². The minimum absolute atomic E-state index is 0.672. The Balaban J connectivity index is 1.84. The number of H-pyrrole nitrogens is 1. The fourth-order valence-electron chi connectivity index (χ4n) is 2.33. The minimum Gasteiger partial charge on any atom is -0.382 e. The number of aromatic nitrogens is 2. The van der Waals surface area contributed by atoms with Crippen LogP contribution in [0.25, 0.3) is 10.9 Å². The van der Waals surface area contributed by atoms with Crippen LogP contribution in [0.5, 0.6) is 0 Å². The maximum atomic E-state index is 4.02. The Morgan fingerprint density at radius 3 is 3.00 bits per heavy atom. The van der Waals surface area contributed by atoms with Gasteiger partial charge in [0.2, 0.25) is 0 Å². The van der Waals surface area contributed by atoms with E-state index in [1.54, 1.807) is 0 Å². The lowest BCUT2D eigenvalue weighted by atomic mass is 10.2. The second kappa shape index (κ2) is 3.57. The third-order valence-corrected chi connectivity index (χ3v) is 3.17. The Kier molecular flexibility index (Phi) is 2.09. The van der Waals surface area contributed by atoms with Gasteiger partial charge in [0.25, 0.3) is 0 Å². The lowest BCUT2D eigenvalue weighted by molar-refractivity contribution is 0.756. The van der Waals surface area contributed by atoms with Gasteiger partial charge in [-0.1, -0.05) is 12.8 Å². The molecule has 1 aromatic carbocycles. The first-order valence-corrected chi connectivity index (χ1v) is 5.61. The highest BCUT2D eigenvalue weighted by atomic mass is 15.1. The van der Waals surface area contributed by atoms with Gasteiger partial charge in [0, 0.05) is 17.1 Å². The van der Waals surface area contributed by atoms with E-state index in [4.69, 9.17) is 0 Å². The van der Waals surface area contributed by atoms with Crippen molar-refractivity contribution in [2.75, 3.05) is 5.32 Å². The number of fused-ring (bicyclic) bond motifs is 1. The van der Waals surface area contributed by atoms with E-state index in [1.165, 1.54) is 36.8 Å². The lowest BCUT2D eigenvalue weighted by Crippen LogP contribution is -2.14. The molecule has 1 aliphatic rings. The van der Waals surface area contributed by atoms with Crippen LogP contribution >= 0.6 is 0 Å². The molecule has 0 bridgehead atoms. The van der Waals surface area contributed by atoms with Gasteiger partial charge in [-0.3, -0.25) is 5.10 Å². The summed E-state index contributed by atoms with van der Waals surface area (Å²) in [4.78, 5) is 0. The van der Waals surface area contributed by atoms with E-state index in [2.05, 4.69) is 33.7 Å². The van der Waals surface area contributed by atoms with Gasteiger partial charge in [-0.15, -0.1) is 0 Å². The molecule has 1 saturated carbocycles. The number of nitrogens with one attached hydrogen (secondary N) is 2. The molecular weight excluding hydrogens is 186 g/mol. The molecule has 2 aromatic rings. The summed E-state index contributed by atoms with van der Waals surface area (Å²) in [6.45, 7) is 0. The van der Waals surface area contributed by atoms with Crippen LogP contribution in [0.4, 0.5) is 5.69 Å². The maximum Gasteiger partial charge on any atom is 0.0670 e. The number of aromatic amines is 1. The van der Waals surface area contributed by atoms with Gasteiger partial charge in [-0.2, -0.15) is 5.10 Å². The molecule has 1 aromatic heterocycles. The summed E-state index contributed by atoms with van der Waals surface area (Å²) in [5.41, 5.74) is 2.32. The quantitative estimate of drug-likeness (QED) is 0.784. The summed E-state index contributed by atoms with van der Waals surface area (Å²) in [6, 6.07) is 7.05. The molecule has 0 atom stereocenters. The number of benzene rings is 1. The number of rotatable bonds is 2. The summed E-state index contributed by atoms with van der Waals surface area (Å²) in [5, 5.41) is 11.8. The molecule has 1 heterocycles. The van der Waals surface area contributed by atoms with Crippen molar-refractivity contribution < 1.29 is 0 Å². The number of anilines is 1. The van der Waals surface area contributed by atoms with Crippen molar-refractivity contribution in [1.82, 2.24) is 10.2 Å². The first kappa shape index (κ1) is 8.77. The zero-order chi connectivity index (χ0) is 10.1. The average molecular weight is 201 g/mol. The topological polar surface area (TPSA) is 40.7 Å². The van der Waals surface area contributed by atoms with Crippen LogP contribution < -0.4 is 5.32 Å². The maximum absolute atomic E-state index is 4.02. The third-order valence-electron chi connectivity index (χ3n) is 3.17. The zero-order valence-electron chi connectivity index (χ0n) is 8.66. The van der Waals surface area contributed by atoms with Crippen molar-refractivity contribution in [3.8, 4) is 0 Å². The van der Waals surface area contributed by atoms with Gasteiger partial charge >= 0.3 is 0 Å². The first-order valence-electron chi connectivity index (χ1n) is 5.61. The van der Waals surface area contributed by atoms with Gasteiger partial charge in [-0.05, 0) is 31.0 Å². The summed E-state index contributed by atoms with van der Waals surface area (Å²) >= 11 is 0. The fourth-order valence-corrected chi connectivity index (χ4v) is 2.33. The van der Waals surface area contributed by atoms with Crippen LogP contribution in [0, 0.1) is 0 Å². The number of hydrogen-bond acceptors (Lipinski definition) is 2. The van der Waals surface area contributed by atoms with Crippen LogP contribution in [0.2, 0.25) is 0 Å². The van der Waals surface area contributed by atoms with Crippen LogP contribution in [-0.4, -0.2) is 16.2 Å². The van der Waals surface area contributed by atoms with Crippen molar-refractivity contribution in [2.24, 2.45) is 0 Å². The number of nitrogens with zero attached hydrogens (tertiary/aromatic N) is 1. The van der Waals surface area contributed by atoms with Crippen LogP contribution in [0.3, 0.4) is 0 Å². The van der Waals surface area contributed by atoms with Crippen molar-refractivity contribution >= 4 is 16.6 Å². The van der Waals surface area contributed by atoms with Crippen LogP contribution in [0.15, 0.2) is 24.4 Å². The van der Waals surface area contributed by atoms with Crippen molar-refractivity contribution in [3.63, 3.8) is 0 Å². The third kappa shape index (κ3) is 1.69. The van der Waals surface area contributed by atoms with Crippen molar-refractivity contribution in [3.05, 3.63) is 24.4 Å². The summed E-state index contributed by atoms with van der Waals surface area (Å²) in [7, 11) is 0. The van der Waals surface area contributed by atoms with E-state index in [0.29, 0.717) is 6.04 Å². The average Bonchev–Trinajstić information content (AvgIpc) is 2.87. The normalized spacial score (nSPS) is 17.3. The molecule has 3 heteroatoms. The second-order valence-electron chi connectivity index (χ2n) is 4.30. The predicted molar refractivity (Wildman–Crippen MR) is 62.0 cm³/mol. The van der Waals surface area contributed by atoms with Crippen molar-refractivity contribution in [1.29, 1.82) is 0 Å². The molecule has 1 fully saturated rings. The van der Waals surface area contributed by atoms with Gasteiger partial charge in [0.1, 0.15) is 0 Å². The van der Waals surface area contributed by atoms with Crippen LogP contribution in [0.1, 0.15) is 25.7 Å². The van der Waals surface area contributed by atoms with E-state index >= 15 is 0 Å². The highest BCUT2D eigenvalue weighted by Gasteiger charge is 2.14. The van der Waals surface area contributed by atoms with Gasteiger partial charge < -0.3 is 5.32 Å². The highest BCUT2D eigenvalue weighted by Crippen LogP contribution is 2.23. The molecular formula is C12H15N3. The summed E-state index contributed by atoms with van der Waals surface area (Å²) < 4.78 is 0. The van der Waals surface area contributed by atoms with E-state index in [1.807, 2.05) is 6.20 Å². The van der Waals surface area contributed by atoms with Gasteiger partial charge in [0.15, 0.2) is 0 Å². The molecule has 2 N–H and O–H groups in total. The Hall–Kier alpha value is -1.51. The Morgan fingerprint density at radius 1 is 1.27 bits per heavy atom. The monoisotopic (exact) mass is 201 g/mol. The minimum atomic E-state index is 0.672. The SMILES string of the molecule is c1cc2cn[nH]c2cc1NC1CCCC1. The molecule has 0 unspecified atom stereocenters. The molecule has 78 valence electrons. The second-order valence-corrected chi connectivity index (χ2v) is 4.30. The van der Waals surface area contributed by atoms with E-state index < -0.39 is 0 Å². The molecule has 0 radical (unpaired) electrons. The largest absolute Gasteiger partial charge is 0.382 e. The Morgan fingerprint density at radius 2 is 2.13 bits per heavy atom. The smallest absolute Gasteiger partial charge is 0.0670 e. The predicted octanol–water partition coefficient (Wildman–Crippen LogP) is 2.92.